The Kier molecular flexibility index (Phi) is 10.9. The van der Waals surface area contributed by atoms with Gasteiger partial charge in [0.05, 0.1) is 22.7 Å². The van der Waals surface area contributed by atoms with Crippen molar-refractivity contribution in [2.24, 2.45) is 0 Å². The van der Waals surface area contributed by atoms with Crippen molar-refractivity contribution in [3.63, 3.8) is 0 Å². The van der Waals surface area contributed by atoms with Crippen LogP contribution in [-0.2, 0) is 26.2 Å². The van der Waals surface area contributed by atoms with Gasteiger partial charge in [-0.2, -0.15) is 0 Å². The van der Waals surface area contributed by atoms with E-state index in [1.165, 1.54) is 17.0 Å². The minimum atomic E-state index is -4.18. The van der Waals surface area contributed by atoms with Crippen LogP contribution in [0.2, 0.25) is 5.02 Å². The molecular weight excluding hydrogens is 574 g/mol. The van der Waals surface area contributed by atoms with Crippen LogP contribution < -0.4 is 14.4 Å². The first-order valence-electron chi connectivity index (χ1n) is 14.3. The van der Waals surface area contributed by atoms with Gasteiger partial charge in [0.1, 0.15) is 18.3 Å². The summed E-state index contributed by atoms with van der Waals surface area (Å²) in [6, 6.07) is 20.9. The third-order valence-corrected chi connectivity index (χ3v) is 9.67. The standard InChI is InChI=1S/C32H38ClN3O5S/c1-3-29(32(38)34-25-12-6-4-7-13-25)35(22-24-18-20-26(41-2)21-19-24)31(37)23-36(30-17-11-10-16-28(30)33)42(39,40)27-14-8-5-9-15-27/h5,8-11,14-21,25,29H,3-4,6-7,12-13,22-23H2,1-2H3,(H,34,38)/t29-/m1/s1. The Balaban J connectivity index is 1.70. The van der Waals surface area contributed by atoms with Gasteiger partial charge in [0.15, 0.2) is 0 Å². The fourth-order valence-corrected chi connectivity index (χ4v) is 7.02. The number of carbonyl (C=O) groups excluding carboxylic acids is 2. The zero-order valence-corrected chi connectivity index (χ0v) is 25.6. The molecule has 1 atom stereocenters. The first kappa shape index (κ1) is 31.4. The number of anilines is 1. The highest BCUT2D eigenvalue weighted by molar-refractivity contribution is 7.92. The summed E-state index contributed by atoms with van der Waals surface area (Å²) in [5, 5.41) is 3.34. The van der Waals surface area contributed by atoms with Gasteiger partial charge >= 0.3 is 0 Å². The molecule has 3 aromatic carbocycles. The molecular formula is C32H38ClN3O5S. The molecule has 0 unspecified atom stereocenters. The van der Waals surface area contributed by atoms with Crippen LogP contribution in [0.1, 0.15) is 51.0 Å². The molecule has 0 aromatic heterocycles. The number of halogens is 1. The molecule has 10 heteroatoms. The number of hydrogen-bond donors (Lipinski definition) is 1. The Labute approximate surface area is 253 Å². The summed E-state index contributed by atoms with van der Waals surface area (Å²) in [5.41, 5.74) is 0.962. The van der Waals surface area contributed by atoms with E-state index < -0.39 is 28.5 Å². The lowest BCUT2D eigenvalue weighted by Gasteiger charge is -2.34. The van der Waals surface area contributed by atoms with Gasteiger partial charge in [-0.3, -0.25) is 13.9 Å². The van der Waals surface area contributed by atoms with Crippen molar-refractivity contribution in [2.75, 3.05) is 18.0 Å². The van der Waals surface area contributed by atoms with E-state index in [0.29, 0.717) is 12.2 Å². The molecule has 224 valence electrons. The molecule has 0 heterocycles. The van der Waals surface area contributed by atoms with E-state index in [-0.39, 0.29) is 34.1 Å². The Morgan fingerprint density at radius 2 is 1.60 bits per heavy atom. The van der Waals surface area contributed by atoms with E-state index in [4.69, 9.17) is 16.3 Å². The summed E-state index contributed by atoms with van der Waals surface area (Å²) in [4.78, 5) is 29.3. The predicted molar refractivity (Wildman–Crippen MR) is 165 cm³/mol. The van der Waals surface area contributed by atoms with Crippen molar-refractivity contribution in [2.45, 2.75) is 69.0 Å². The van der Waals surface area contributed by atoms with E-state index in [0.717, 1.165) is 42.0 Å². The minimum Gasteiger partial charge on any atom is -0.497 e. The number of carbonyl (C=O) groups is 2. The average molecular weight is 612 g/mol. The van der Waals surface area contributed by atoms with Gasteiger partial charge in [-0.05, 0) is 61.2 Å². The predicted octanol–water partition coefficient (Wildman–Crippen LogP) is 5.80. The lowest BCUT2D eigenvalue weighted by molar-refractivity contribution is -0.140. The first-order valence-corrected chi connectivity index (χ1v) is 16.1. The SMILES string of the molecule is CC[C@H](C(=O)NC1CCCCC1)N(Cc1ccc(OC)cc1)C(=O)CN(c1ccccc1Cl)S(=O)(=O)c1ccccc1. The second-order valence-electron chi connectivity index (χ2n) is 10.4. The lowest BCUT2D eigenvalue weighted by Crippen LogP contribution is -2.54. The van der Waals surface area contributed by atoms with Gasteiger partial charge in [0, 0.05) is 12.6 Å². The third kappa shape index (κ3) is 7.63. The second-order valence-corrected chi connectivity index (χ2v) is 12.7. The maximum atomic E-state index is 14.2. The van der Waals surface area contributed by atoms with Crippen LogP contribution >= 0.6 is 11.6 Å². The number of nitrogens with one attached hydrogen (secondary N) is 1. The number of benzene rings is 3. The number of ether oxygens (including phenoxy) is 1. The molecule has 0 aliphatic heterocycles. The maximum Gasteiger partial charge on any atom is 0.264 e. The Bertz CT molecular complexity index is 1440. The molecule has 1 fully saturated rings. The summed E-state index contributed by atoms with van der Waals surface area (Å²) in [6.45, 7) is 1.43. The largest absolute Gasteiger partial charge is 0.497 e. The highest BCUT2D eigenvalue weighted by Gasteiger charge is 2.35. The van der Waals surface area contributed by atoms with Crippen LogP contribution in [0.25, 0.3) is 0 Å². The molecule has 1 N–H and O–H groups in total. The van der Waals surface area contributed by atoms with Crippen LogP contribution in [0.5, 0.6) is 5.75 Å². The molecule has 0 spiro atoms. The van der Waals surface area contributed by atoms with Gasteiger partial charge in [-0.15, -0.1) is 0 Å². The number of hydrogen-bond acceptors (Lipinski definition) is 5. The number of rotatable bonds is 12. The molecule has 1 aliphatic rings. The molecule has 0 saturated heterocycles. The zero-order valence-electron chi connectivity index (χ0n) is 24.0. The quantitative estimate of drug-likeness (QED) is 0.279. The number of methoxy groups -OCH3 is 1. The van der Waals surface area contributed by atoms with E-state index >= 15 is 0 Å². The molecule has 3 aromatic rings. The van der Waals surface area contributed by atoms with Gasteiger partial charge in [-0.1, -0.05) is 80.3 Å². The molecule has 0 radical (unpaired) electrons. The fourth-order valence-electron chi connectivity index (χ4n) is 5.28. The highest BCUT2D eigenvalue weighted by Crippen LogP contribution is 2.31. The Hall–Kier alpha value is -3.56. The van der Waals surface area contributed by atoms with E-state index in [2.05, 4.69) is 5.32 Å². The lowest BCUT2D eigenvalue weighted by atomic mass is 9.95. The van der Waals surface area contributed by atoms with Crippen molar-refractivity contribution in [3.8, 4) is 5.75 Å². The summed E-state index contributed by atoms with van der Waals surface area (Å²) in [5.74, 6) is -0.0880. The van der Waals surface area contributed by atoms with Gasteiger partial charge in [0.25, 0.3) is 10.0 Å². The van der Waals surface area contributed by atoms with E-state index in [1.54, 1.807) is 61.7 Å². The first-order chi connectivity index (χ1) is 20.2. The van der Waals surface area contributed by atoms with Crippen molar-refractivity contribution in [1.82, 2.24) is 10.2 Å². The van der Waals surface area contributed by atoms with E-state index in [1.807, 2.05) is 19.1 Å². The molecule has 1 aliphatic carbocycles. The molecule has 1 saturated carbocycles. The van der Waals surface area contributed by atoms with Crippen LogP contribution in [0, 0.1) is 0 Å². The highest BCUT2D eigenvalue weighted by atomic mass is 35.5. The number of para-hydroxylation sites is 1. The number of sulfonamides is 1. The maximum absolute atomic E-state index is 14.2. The molecule has 42 heavy (non-hydrogen) atoms. The molecule has 2 amide bonds. The topological polar surface area (TPSA) is 96.0 Å². The zero-order chi connectivity index (χ0) is 30.1. The van der Waals surface area contributed by atoms with Gasteiger partial charge in [0.2, 0.25) is 11.8 Å². The average Bonchev–Trinajstić information content (AvgIpc) is 3.01. The number of nitrogens with zero attached hydrogens (tertiary/aromatic N) is 2. The second kappa shape index (κ2) is 14.6. The van der Waals surface area contributed by atoms with Crippen LogP contribution in [0.15, 0.2) is 83.8 Å². The summed E-state index contributed by atoms with van der Waals surface area (Å²) < 4.78 is 34.1. The Morgan fingerprint density at radius 3 is 2.21 bits per heavy atom. The summed E-state index contributed by atoms with van der Waals surface area (Å²) >= 11 is 6.48. The van der Waals surface area contributed by atoms with Crippen LogP contribution in [0.4, 0.5) is 5.69 Å². The minimum absolute atomic E-state index is 0.0292. The van der Waals surface area contributed by atoms with Crippen molar-refractivity contribution in [3.05, 3.63) is 89.4 Å². The fraction of sp³-hybridized carbons (Fsp3) is 0.375. The summed E-state index contributed by atoms with van der Waals surface area (Å²) in [7, 11) is -2.60. The summed E-state index contributed by atoms with van der Waals surface area (Å²) in [6.07, 6.45) is 5.44. The van der Waals surface area contributed by atoms with Crippen molar-refractivity contribution in [1.29, 1.82) is 0 Å². The molecule has 0 bridgehead atoms. The number of amides is 2. The van der Waals surface area contributed by atoms with Gasteiger partial charge in [-0.25, -0.2) is 8.42 Å². The normalized spacial score (nSPS) is 14.5. The van der Waals surface area contributed by atoms with Crippen molar-refractivity contribution < 1.29 is 22.7 Å². The van der Waals surface area contributed by atoms with Gasteiger partial charge < -0.3 is 15.0 Å². The van der Waals surface area contributed by atoms with Crippen molar-refractivity contribution >= 4 is 39.1 Å². The monoisotopic (exact) mass is 611 g/mol. The van der Waals surface area contributed by atoms with Crippen LogP contribution in [-0.4, -0.2) is 50.9 Å². The molecule has 4 rings (SSSR count). The third-order valence-electron chi connectivity index (χ3n) is 7.58. The Morgan fingerprint density at radius 1 is 0.952 bits per heavy atom. The molecule has 8 nitrogen and oxygen atoms in total. The van der Waals surface area contributed by atoms with Crippen LogP contribution in [0.3, 0.4) is 0 Å². The smallest absolute Gasteiger partial charge is 0.264 e. The van der Waals surface area contributed by atoms with E-state index in [9.17, 15) is 18.0 Å².